The number of nitrogens with one attached hydrogen (secondary N) is 1. The topological polar surface area (TPSA) is 101 Å². The second-order valence-corrected chi connectivity index (χ2v) is 6.13. The summed E-state index contributed by atoms with van der Waals surface area (Å²) in [6.07, 6.45) is 0. The predicted molar refractivity (Wildman–Crippen MR) is 96.8 cm³/mol. The Kier molecular flexibility index (Phi) is 4.14. The zero-order valence-corrected chi connectivity index (χ0v) is 14.1. The van der Waals surface area contributed by atoms with Gasteiger partial charge in [0.2, 0.25) is 0 Å². The van der Waals surface area contributed by atoms with Gasteiger partial charge in [-0.2, -0.15) is 0 Å². The number of para-hydroxylation sites is 1. The minimum Gasteiger partial charge on any atom is -0.378 e. The third kappa shape index (κ3) is 2.93. The van der Waals surface area contributed by atoms with Crippen molar-refractivity contribution in [3.63, 3.8) is 0 Å². The van der Waals surface area contributed by atoms with Gasteiger partial charge in [-0.15, -0.1) is 0 Å². The highest BCUT2D eigenvalue weighted by atomic mass is 16.5. The highest BCUT2D eigenvalue weighted by molar-refractivity contribution is 6.04. The van der Waals surface area contributed by atoms with Crippen molar-refractivity contribution >= 4 is 22.8 Å². The van der Waals surface area contributed by atoms with E-state index in [4.69, 9.17) is 10.5 Å². The lowest BCUT2D eigenvalue weighted by atomic mass is 10.1. The van der Waals surface area contributed by atoms with E-state index in [2.05, 4.69) is 9.97 Å². The molecule has 4 rings (SSSR count). The van der Waals surface area contributed by atoms with E-state index in [1.807, 2.05) is 18.2 Å². The molecule has 0 saturated carbocycles. The van der Waals surface area contributed by atoms with E-state index in [1.54, 1.807) is 29.2 Å². The number of hydrogen-bond donors (Lipinski definition) is 2. The molecule has 2 amide bonds. The molecule has 0 aliphatic carbocycles. The van der Waals surface area contributed by atoms with E-state index in [-0.39, 0.29) is 5.91 Å². The Bertz CT molecular complexity index is 972. The van der Waals surface area contributed by atoms with Crippen LogP contribution >= 0.6 is 0 Å². The third-order valence-electron chi connectivity index (χ3n) is 4.48. The molecule has 0 spiro atoms. The van der Waals surface area contributed by atoms with Gasteiger partial charge in [0.1, 0.15) is 11.3 Å². The number of carbonyl (C=O) groups excluding carboxylic acids is 2. The lowest BCUT2D eigenvalue weighted by Gasteiger charge is -2.26. The number of rotatable bonds is 3. The Hall–Kier alpha value is -3.19. The first kappa shape index (κ1) is 16.3. The molecule has 3 N–H and O–H groups in total. The molecule has 2 heterocycles. The number of hydrogen-bond acceptors (Lipinski definition) is 4. The summed E-state index contributed by atoms with van der Waals surface area (Å²) in [6.45, 7) is 2.37. The number of ether oxygens (including phenoxy) is 1. The number of morpholine rings is 1. The Morgan fingerprint density at radius 1 is 1.08 bits per heavy atom. The maximum Gasteiger partial charge on any atom is 0.254 e. The van der Waals surface area contributed by atoms with Crippen LogP contribution in [0, 0.1) is 0 Å². The highest BCUT2D eigenvalue weighted by Crippen LogP contribution is 2.23. The van der Waals surface area contributed by atoms with Gasteiger partial charge in [0.05, 0.1) is 24.3 Å². The molecule has 2 aromatic carbocycles. The average molecular weight is 350 g/mol. The van der Waals surface area contributed by atoms with E-state index in [1.165, 1.54) is 0 Å². The van der Waals surface area contributed by atoms with Crippen LogP contribution in [0.2, 0.25) is 0 Å². The summed E-state index contributed by atoms with van der Waals surface area (Å²) in [4.78, 5) is 33.5. The minimum atomic E-state index is -0.514. The standard InChI is InChI=1S/C19H18N4O3/c20-17(24)14-2-1-3-15-16(14)22-18(21-15)12-4-6-13(7-5-12)19(25)23-8-10-26-11-9-23/h1-7H,8-11H2,(H2,20,24)(H,21,22). The smallest absolute Gasteiger partial charge is 0.254 e. The maximum absolute atomic E-state index is 12.5. The molecule has 1 aliphatic rings. The lowest BCUT2D eigenvalue weighted by Crippen LogP contribution is -2.40. The molecule has 3 aromatic rings. The molecule has 132 valence electrons. The quantitative estimate of drug-likeness (QED) is 0.752. The molecule has 0 bridgehead atoms. The van der Waals surface area contributed by atoms with Crippen LogP contribution in [-0.4, -0.2) is 53.0 Å². The van der Waals surface area contributed by atoms with E-state index in [9.17, 15) is 9.59 Å². The minimum absolute atomic E-state index is 0.000436. The van der Waals surface area contributed by atoms with Gasteiger partial charge < -0.3 is 20.4 Å². The van der Waals surface area contributed by atoms with Crippen LogP contribution in [0.4, 0.5) is 0 Å². The average Bonchev–Trinajstić information content (AvgIpc) is 3.12. The van der Waals surface area contributed by atoms with Gasteiger partial charge >= 0.3 is 0 Å². The maximum atomic E-state index is 12.5. The van der Waals surface area contributed by atoms with Crippen LogP contribution in [0.3, 0.4) is 0 Å². The summed E-state index contributed by atoms with van der Waals surface area (Å²) in [7, 11) is 0. The van der Waals surface area contributed by atoms with Crippen LogP contribution < -0.4 is 5.73 Å². The fourth-order valence-corrected chi connectivity index (χ4v) is 3.09. The zero-order valence-electron chi connectivity index (χ0n) is 14.1. The number of carbonyl (C=O) groups is 2. The lowest BCUT2D eigenvalue weighted by molar-refractivity contribution is 0.0303. The molecule has 0 atom stereocenters. The van der Waals surface area contributed by atoms with E-state index in [0.717, 1.165) is 11.1 Å². The summed E-state index contributed by atoms with van der Waals surface area (Å²) in [5.41, 5.74) is 8.53. The van der Waals surface area contributed by atoms with Gasteiger partial charge in [-0.3, -0.25) is 9.59 Å². The third-order valence-corrected chi connectivity index (χ3v) is 4.48. The van der Waals surface area contributed by atoms with Crippen molar-refractivity contribution in [3.8, 4) is 11.4 Å². The van der Waals surface area contributed by atoms with Crippen molar-refractivity contribution in [3.05, 3.63) is 53.6 Å². The summed E-state index contributed by atoms with van der Waals surface area (Å²) in [6, 6.07) is 12.5. The van der Waals surface area contributed by atoms with Gasteiger partial charge in [-0.05, 0) is 24.3 Å². The second kappa shape index (κ2) is 6.61. The molecule has 7 heteroatoms. The molecule has 1 aliphatic heterocycles. The SMILES string of the molecule is NC(=O)c1cccc2[nH]c(-c3ccc(C(=O)N4CCOCC4)cc3)nc12. The molecule has 26 heavy (non-hydrogen) atoms. The zero-order chi connectivity index (χ0) is 18.1. The monoisotopic (exact) mass is 350 g/mol. The Morgan fingerprint density at radius 3 is 2.50 bits per heavy atom. The van der Waals surface area contributed by atoms with Crippen molar-refractivity contribution < 1.29 is 14.3 Å². The molecule has 0 radical (unpaired) electrons. The Labute approximate surface area is 149 Å². The van der Waals surface area contributed by atoms with Crippen LogP contribution in [0.1, 0.15) is 20.7 Å². The van der Waals surface area contributed by atoms with Crippen molar-refractivity contribution in [2.24, 2.45) is 5.73 Å². The van der Waals surface area contributed by atoms with Crippen molar-refractivity contribution in [1.29, 1.82) is 0 Å². The Morgan fingerprint density at radius 2 is 1.81 bits per heavy atom. The van der Waals surface area contributed by atoms with Crippen LogP contribution in [-0.2, 0) is 4.74 Å². The molecule has 0 unspecified atom stereocenters. The van der Waals surface area contributed by atoms with Gasteiger partial charge in [0, 0.05) is 24.2 Å². The van der Waals surface area contributed by atoms with E-state index >= 15 is 0 Å². The number of nitrogens with zero attached hydrogens (tertiary/aromatic N) is 2. The molecular weight excluding hydrogens is 332 g/mol. The van der Waals surface area contributed by atoms with Crippen molar-refractivity contribution in [1.82, 2.24) is 14.9 Å². The van der Waals surface area contributed by atoms with E-state index in [0.29, 0.717) is 48.8 Å². The van der Waals surface area contributed by atoms with Gasteiger partial charge in [-0.1, -0.05) is 18.2 Å². The largest absolute Gasteiger partial charge is 0.378 e. The summed E-state index contributed by atoms with van der Waals surface area (Å²) < 4.78 is 5.28. The summed E-state index contributed by atoms with van der Waals surface area (Å²) >= 11 is 0. The number of H-pyrrole nitrogens is 1. The highest BCUT2D eigenvalue weighted by Gasteiger charge is 2.19. The van der Waals surface area contributed by atoms with Crippen molar-refractivity contribution in [2.75, 3.05) is 26.3 Å². The predicted octanol–water partition coefficient (Wildman–Crippen LogP) is 1.80. The second-order valence-electron chi connectivity index (χ2n) is 6.13. The number of aromatic amines is 1. The number of benzene rings is 2. The van der Waals surface area contributed by atoms with Crippen LogP contribution in [0.5, 0.6) is 0 Å². The molecule has 1 aromatic heterocycles. The summed E-state index contributed by atoms with van der Waals surface area (Å²) in [5.74, 6) is 0.111. The van der Waals surface area contributed by atoms with Gasteiger partial charge in [0.25, 0.3) is 11.8 Å². The molecule has 7 nitrogen and oxygen atoms in total. The van der Waals surface area contributed by atoms with Crippen LogP contribution in [0.15, 0.2) is 42.5 Å². The number of imidazole rings is 1. The van der Waals surface area contributed by atoms with E-state index < -0.39 is 5.91 Å². The van der Waals surface area contributed by atoms with Crippen molar-refractivity contribution in [2.45, 2.75) is 0 Å². The number of fused-ring (bicyclic) bond motifs is 1. The molecule has 1 saturated heterocycles. The fourth-order valence-electron chi connectivity index (χ4n) is 3.09. The number of amides is 2. The van der Waals surface area contributed by atoms with Gasteiger partial charge in [0.15, 0.2) is 0 Å². The number of nitrogens with two attached hydrogens (primary N) is 1. The molecule has 1 fully saturated rings. The van der Waals surface area contributed by atoms with Crippen LogP contribution in [0.25, 0.3) is 22.4 Å². The Balaban J connectivity index is 1.62. The first-order valence-corrected chi connectivity index (χ1v) is 8.39. The first-order chi connectivity index (χ1) is 12.6. The van der Waals surface area contributed by atoms with Gasteiger partial charge in [-0.25, -0.2) is 4.98 Å². The molecular formula is C19H18N4O3. The normalized spacial score (nSPS) is 14.5. The number of aromatic nitrogens is 2. The fraction of sp³-hybridized carbons (Fsp3) is 0.211. The first-order valence-electron chi connectivity index (χ1n) is 8.39. The summed E-state index contributed by atoms with van der Waals surface area (Å²) in [5, 5.41) is 0. The number of primary amides is 1.